The van der Waals surface area contributed by atoms with E-state index in [4.69, 9.17) is 14.5 Å². The van der Waals surface area contributed by atoms with Crippen LogP contribution < -0.4 is 0 Å². The van der Waals surface area contributed by atoms with Gasteiger partial charge < -0.3 is 14.0 Å². The first-order valence-corrected chi connectivity index (χ1v) is 11.7. The summed E-state index contributed by atoms with van der Waals surface area (Å²) in [6.07, 6.45) is 2.08. The van der Waals surface area contributed by atoms with Gasteiger partial charge in [-0.2, -0.15) is 0 Å². The molecule has 29 heavy (non-hydrogen) atoms. The van der Waals surface area contributed by atoms with Gasteiger partial charge in [0.25, 0.3) is 0 Å². The number of rotatable bonds is 6. The molecule has 0 atom stereocenters. The first-order chi connectivity index (χ1) is 13.9. The molecule has 0 aliphatic carbocycles. The van der Waals surface area contributed by atoms with Crippen molar-refractivity contribution >= 4 is 21.1 Å². The number of benzene rings is 1. The van der Waals surface area contributed by atoms with Crippen LogP contribution in [0.15, 0.2) is 23.1 Å². The summed E-state index contributed by atoms with van der Waals surface area (Å²) >= 11 is 0. The van der Waals surface area contributed by atoms with Crippen LogP contribution in [0.4, 0.5) is 0 Å². The second-order valence-corrected chi connectivity index (χ2v) is 10.1. The van der Waals surface area contributed by atoms with Crippen LogP contribution in [0.25, 0.3) is 11.0 Å². The van der Waals surface area contributed by atoms with Crippen molar-refractivity contribution in [3.63, 3.8) is 0 Å². The van der Waals surface area contributed by atoms with Gasteiger partial charge in [-0.15, -0.1) is 0 Å². The minimum absolute atomic E-state index is 0.0329. The molecule has 160 valence electrons. The number of hydrogen-bond donors (Lipinski definition) is 0. The molecule has 8 nitrogen and oxygen atoms in total. The summed E-state index contributed by atoms with van der Waals surface area (Å²) in [5.74, 6) is 1.45. The molecule has 2 fully saturated rings. The smallest absolute Gasteiger partial charge is 0.242 e. The van der Waals surface area contributed by atoms with Crippen LogP contribution in [0.2, 0.25) is 0 Å². The van der Waals surface area contributed by atoms with Gasteiger partial charge in [0, 0.05) is 26.6 Å². The fourth-order valence-corrected chi connectivity index (χ4v) is 5.16. The van der Waals surface area contributed by atoms with Gasteiger partial charge >= 0.3 is 0 Å². The number of imidazole rings is 1. The van der Waals surface area contributed by atoms with E-state index in [-0.39, 0.29) is 11.2 Å². The molecule has 0 bridgehead atoms. The van der Waals surface area contributed by atoms with Gasteiger partial charge in [-0.3, -0.25) is 4.90 Å². The van der Waals surface area contributed by atoms with E-state index in [1.54, 1.807) is 26.2 Å². The summed E-state index contributed by atoms with van der Waals surface area (Å²) in [7, 11) is -0.385. The first-order valence-electron chi connectivity index (χ1n) is 10.3. The molecule has 2 aliphatic heterocycles. The van der Waals surface area contributed by atoms with Crippen LogP contribution in [0.3, 0.4) is 0 Å². The number of likely N-dealkylation sites (tertiary alicyclic amines) is 1. The lowest BCUT2D eigenvalue weighted by molar-refractivity contribution is -0.0979. The third-order valence-corrected chi connectivity index (χ3v) is 7.73. The van der Waals surface area contributed by atoms with Crippen LogP contribution in [0.1, 0.15) is 25.6 Å². The Labute approximate surface area is 172 Å². The molecule has 0 amide bonds. The van der Waals surface area contributed by atoms with Gasteiger partial charge in [-0.25, -0.2) is 17.7 Å². The highest BCUT2D eigenvalue weighted by atomic mass is 32.2. The minimum atomic E-state index is -3.47. The maximum absolute atomic E-state index is 12.5. The number of aryl methyl sites for hydroxylation is 1. The van der Waals surface area contributed by atoms with E-state index in [2.05, 4.69) is 16.4 Å². The van der Waals surface area contributed by atoms with E-state index in [1.807, 2.05) is 6.07 Å². The van der Waals surface area contributed by atoms with Crippen molar-refractivity contribution in [3.8, 4) is 0 Å². The zero-order valence-corrected chi connectivity index (χ0v) is 18.2. The topological polar surface area (TPSA) is 76.9 Å². The molecule has 2 aliphatic rings. The van der Waals surface area contributed by atoms with Crippen LogP contribution in [-0.2, 0) is 32.6 Å². The summed E-state index contributed by atoms with van der Waals surface area (Å²) in [6, 6.07) is 5.22. The Morgan fingerprint density at radius 1 is 1.17 bits per heavy atom. The minimum Gasteiger partial charge on any atom is -0.350 e. The summed E-state index contributed by atoms with van der Waals surface area (Å²) < 4.78 is 39.7. The highest BCUT2D eigenvalue weighted by Gasteiger charge is 2.31. The first kappa shape index (κ1) is 20.7. The summed E-state index contributed by atoms with van der Waals surface area (Å²) in [6.45, 7) is 7.04. The van der Waals surface area contributed by atoms with Crippen molar-refractivity contribution < 1.29 is 17.9 Å². The number of ether oxygens (including phenoxy) is 2. The maximum Gasteiger partial charge on any atom is 0.242 e. The Balaban J connectivity index is 1.51. The van der Waals surface area contributed by atoms with Crippen molar-refractivity contribution in [1.29, 1.82) is 0 Å². The van der Waals surface area contributed by atoms with E-state index in [0.29, 0.717) is 19.1 Å². The fourth-order valence-electron chi connectivity index (χ4n) is 4.24. The molecule has 1 aromatic carbocycles. The Hall–Kier alpha value is -1.52. The van der Waals surface area contributed by atoms with Crippen LogP contribution in [-0.4, -0.2) is 73.9 Å². The van der Waals surface area contributed by atoms with E-state index in [0.717, 1.165) is 55.9 Å². The third-order valence-electron chi connectivity index (χ3n) is 5.92. The van der Waals surface area contributed by atoms with Gasteiger partial charge in [0.1, 0.15) is 5.82 Å². The number of aromatic nitrogens is 2. The third kappa shape index (κ3) is 4.06. The molecule has 4 rings (SSSR count). The lowest BCUT2D eigenvalue weighted by Gasteiger charge is -2.33. The predicted molar refractivity (Wildman–Crippen MR) is 110 cm³/mol. The average molecular weight is 423 g/mol. The SMILES string of the molecule is CCn1c(CN2CCC(C3OCCO3)CC2)nc2cc(S(=O)(=O)N(C)C)ccc21. The maximum atomic E-state index is 12.5. The lowest BCUT2D eigenvalue weighted by atomic mass is 9.96. The van der Waals surface area contributed by atoms with E-state index >= 15 is 0 Å². The molecule has 0 unspecified atom stereocenters. The molecule has 0 spiro atoms. The second kappa shape index (κ2) is 8.31. The van der Waals surface area contributed by atoms with Gasteiger partial charge in [-0.05, 0) is 51.1 Å². The average Bonchev–Trinajstić information content (AvgIpc) is 3.35. The Bertz CT molecular complexity index is 958. The van der Waals surface area contributed by atoms with Crippen molar-refractivity contribution in [2.75, 3.05) is 40.4 Å². The van der Waals surface area contributed by atoms with Gasteiger partial charge in [0.15, 0.2) is 6.29 Å². The fraction of sp³-hybridized carbons (Fsp3) is 0.650. The van der Waals surface area contributed by atoms with Crippen LogP contribution in [0.5, 0.6) is 0 Å². The van der Waals surface area contributed by atoms with Crippen molar-refractivity contribution in [2.45, 2.75) is 44.0 Å². The number of nitrogens with zero attached hydrogens (tertiary/aromatic N) is 4. The molecule has 1 aromatic heterocycles. The monoisotopic (exact) mass is 422 g/mol. The second-order valence-electron chi connectivity index (χ2n) is 7.93. The zero-order chi connectivity index (χ0) is 20.6. The van der Waals surface area contributed by atoms with Crippen LogP contribution in [0, 0.1) is 5.92 Å². The lowest BCUT2D eigenvalue weighted by Crippen LogP contribution is -2.38. The quantitative estimate of drug-likeness (QED) is 0.708. The molecular weight excluding hydrogens is 392 g/mol. The van der Waals surface area contributed by atoms with Crippen molar-refractivity contribution in [2.24, 2.45) is 5.92 Å². The number of piperidine rings is 1. The normalized spacial score (nSPS) is 20.3. The molecule has 2 aromatic rings. The zero-order valence-electron chi connectivity index (χ0n) is 17.4. The van der Waals surface area contributed by atoms with E-state index in [1.165, 1.54) is 4.31 Å². The highest BCUT2D eigenvalue weighted by Crippen LogP contribution is 2.27. The Morgan fingerprint density at radius 2 is 1.86 bits per heavy atom. The molecule has 0 saturated carbocycles. The standard InChI is InChI=1S/C20H30N4O4S/c1-4-24-18-6-5-16(29(25,26)22(2)3)13-17(18)21-19(24)14-23-9-7-15(8-10-23)20-27-11-12-28-20/h5-6,13,15,20H,4,7-12,14H2,1-3H3. The Morgan fingerprint density at radius 3 is 2.48 bits per heavy atom. The summed E-state index contributed by atoms with van der Waals surface area (Å²) in [4.78, 5) is 7.49. The molecule has 2 saturated heterocycles. The molecule has 0 N–H and O–H groups in total. The Kier molecular flexibility index (Phi) is 5.94. The van der Waals surface area contributed by atoms with Crippen molar-refractivity contribution in [3.05, 3.63) is 24.0 Å². The molecule has 3 heterocycles. The van der Waals surface area contributed by atoms with Gasteiger partial charge in [0.05, 0.1) is 35.7 Å². The number of hydrogen-bond acceptors (Lipinski definition) is 6. The summed E-state index contributed by atoms with van der Waals surface area (Å²) in [5, 5.41) is 0. The number of sulfonamides is 1. The summed E-state index contributed by atoms with van der Waals surface area (Å²) in [5.41, 5.74) is 1.70. The highest BCUT2D eigenvalue weighted by molar-refractivity contribution is 7.89. The van der Waals surface area contributed by atoms with Gasteiger partial charge in [0.2, 0.25) is 10.0 Å². The number of fused-ring (bicyclic) bond motifs is 1. The van der Waals surface area contributed by atoms with Crippen molar-refractivity contribution in [1.82, 2.24) is 18.8 Å². The molecule has 9 heteroatoms. The van der Waals surface area contributed by atoms with E-state index < -0.39 is 10.0 Å². The largest absolute Gasteiger partial charge is 0.350 e. The van der Waals surface area contributed by atoms with Gasteiger partial charge in [-0.1, -0.05) is 0 Å². The predicted octanol–water partition coefficient (Wildman–Crippen LogP) is 1.89. The van der Waals surface area contributed by atoms with Crippen LogP contribution >= 0.6 is 0 Å². The molecule has 0 radical (unpaired) electrons. The van der Waals surface area contributed by atoms with E-state index in [9.17, 15) is 8.42 Å². The molecular formula is C20H30N4O4S.